The van der Waals surface area contributed by atoms with Gasteiger partial charge in [0.05, 0.1) is 12.2 Å². The van der Waals surface area contributed by atoms with Crippen molar-refractivity contribution in [1.82, 2.24) is 0 Å². The number of anilines is 1. The first-order valence-electron chi connectivity index (χ1n) is 6.41. The van der Waals surface area contributed by atoms with E-state index in [0.717, 1.165) is 17.7 Å². The Labute approximate surface area is 123 Å². The summed E-state index contributed by atoms with van der Waals surface area (Å²) in [4.78, 5) is 22.4. The highest BCUT2D eigenvalue weighted by atomic mass is 32.2. The van der Waals surface area contributed by atoms with Gasteiger partial charge < -0.3 is 10.5 Å². The van der Waals surface area contributed by atoms with E-state index in [1.54, 1.807) is 32.0 Å². The topological polar surface area (TPSA) is 69.4 Å². The highest BCUT2D eigenvalue weighted by molar-refractivity contribution is 8.13. The van der Waals surface area contributed by atoms with Gasteiger partial charge in [-0.25, -0.2) is 4.79 Å². The molecule has 0 fully saturated rings. The monoisotopic (exact) mass is 293 g/mol. The van der Waals surface area contributed by atoms with Crippen LogP contribution in [0, 0.1) is 0 Å². The summed E-state index contributed by atoms with van der Waals surface area (Å²) in [6.45, 7) is 3.66. The van der Waals surface area contributed by atoms with Gasteiger partial charge in [0.1, 0.15) is 0 Å². The lowest BCUT2D eigenvalue weighted by atomic mass is 10.1. The number of allylic oxidation sites excluding steroid dienone is 1. The quantitative estimate of drug-likeness (QED) is 0.496. The molecule has 0 aromatic heterocycles. The van der Waals surface area contributed by atoms with Gasteiger partial charge >= 0.3 is 5.97 Å². The second-order valence-corrected chi connectivity index (χ2v) is 5.37. The number of nitrogen functional groups attached to an aromatic ring is 1. The largest absolute Gasteiger partial charge is 0.462 e. The summed E-state index contributed by atoms with van der Waals surface area (Å²) >= 11 is 1.29. The predicted octanol–water partition coefficient (Wildman–Crippen LogP) is 3.13. The molecule has 0 saturated heterocycles. The van der Waals surface area contributed by atoms with Crippen molar-refractivity contribution in [2.75, 3.05) is 18.1 Å². The van der Waals surface area contributed by atoms with Crippen molar-refractivity contribution in [3.63, 3.8) is 0 Å². The maximum absolute atomic E-state index is 11.6. The maximum atomic E-state index is 11.6. The Morgan fingerprint density at radius 1 is 1.40 bits per heavy atom. The summed E-state index contributed by atoms with van der Waals surface area (Å²) in [6, 6.07) is 5.05. The number of rotatable bonds is 6. The summed E-state index contributed by atoms with van der Waals surface area (Å²) in [5.41, 5.74) is 7.73. The van der Waals surface area contributed by atoms with E-state index in [2.05, 4.69) is 0 Å². The second kappa shape index (κ2) is 8.43. The Morgan fingerprint density at radius 2 is 2.15 bits per heavy atom. The first-order valence-corrected chi connectivity index (χ1v) is 7.39. The molecule has 1 aromatic rings. The van der Waals surface area contributed by atoms with E-state index in [1.165, 1.54) is 11.8 Å². The minimum atomic E-state index is -0.353. The molecule has 1 aromatic carbocycles. The van der Waals surface area contributed by atoms with Crippen molar-refractivity contribution in [3.05, 3.63) is 35.4 Å². The number of nitrogens with two attached hydrogens (primary N) is 1. The Kier molecular flexibility index (Phi) is 6.87. The van der Waals surface area contributed by atoms with Crippen LogP contribution >= 0.6 is 11.8 Å². The lowest BCUT2D eigenvalue weighted by molar-refractivity contribution is -0.109. The van der Waals surface area contributed by atoms with Crippen LogP contribution in [0.3, 0.4) is 0 Å². The summed E-state index contributed by atoms with van der Waals surface area (Å²) < 4.78 is 4.95. The third-order valence-corrected chi connectivity index (χ3v) is 3.33. The fourth-order valence-electron chi connectivity index (χ4n) is 1.54. The van der Waals surface area contributed by atoms with Gasteiger partial charge in [0, 0.05) is 18.4 Å². The third-order valence-electron chi connectivity index (χ3n) is 2.49. The lowest BCUT2D eigenvalue weighted by Crippen LogP contribution is -2.05. The third kappa shape index (κ3) is 5.48. The van der Waals surface area contributed by atoms with Gasteiger partial charge in [0.25, 0.3) is 0 Å². The van der Waals surface area contributed by atoms with Gasteiger partial charge in [0.2, 0.25) is 0 Å². The number of esters is 1. The summed E-state index contributed by atoms with van der Waals surface area (Å²) in [5.74, 6) is 0.387. The van der Waals surface area contributed by atoms with Crippen molar-refractivity contribution in [1.29, 1.82) is 0 Å². The molecule has 0 aliphatic rings. The van der Waals surface area contributed by atoms with E-state index in [1.807, 2.05) is 12.2 Å². The summed E-state index contributed by atoms with van der Waals surface area (Å²) in [5, 5.41) is 0.113. The van der Waals surface area contributed by atoms with Gasteiger partial charge in [0.15, 0.2) is 5.12 Å². The molecule has 1 rings (SSSR count). The van der Waals surface area contributed by atoms with E-state index in [-0.39, 0.29) is 11.1 Å². The number of ether oxygens (including phenoxy) is 1. The first kappa shape index (κ1) is 16.3. The number of hydrogen-bond acceptors (Lipinski definition) is 5. The SMILES string of the molecule is CCOC(=O)c1ccc(N)c(C=CCCSC(C)=O)c1. The van der Waals surface area contributed by atoms with E-state index in [0.29, 0.717) is 17.9 Å². The highest BCUT2D eigenvalue weighted by Crippen LogP contribution is 2.17. The summed E-state index contributed by atoms with van der Waals surface area (Å²) in [7, 11) is 0. The zero-order chi connectivity index (χ0) is 15.0. The molecule has 0 spiro atoms. The average molecular weight is 293 g/mol. The number of hydrogen-bond donors (Lipinski definition) is 1. The molecular formula is C15H19NO3S. The Hall–Kier alpha value is -1.75. The molecule has 0 heterocycles. The van der Waals surface area contributed by atoms with Crippen LogP contribution in [-0.2, 0) is 9.53 Å². The first-order chi connectivity index (χ1) is 9.54. The molecule has 4 nitrogen and oxygen atoms in total. The zero-order valence-electron chi connectivity index (χ0n) is 11.7. The normalized spacial score (nSPS) is 10.7. The van der Waals surface area contributed by atoms with E-state index in [9.17, 15) is 9.59 Å². The van der Waals surface area contributed by atoms with Crippen LogP contribution in [0.15, 0.2) is 24.3 Å². The van der Waals surface area contributed by atoms with Crippen molar-refractivity contribution in [3.8, 4) is 0 Å². The second-order valence-electron chi connectivity index (χ2n) is 4.10. The van der Waals surface area contributed by atoms with Crippen molar-refractivity contribution in [2.24, 2.45) is 0 Å². The smallest absolute Gasteiger partial charge is 0.338 e. The lowest BCUT2D eigenvalue weighted by Gasteiger charge is -2.05. The van der Waals surface area contributed by atoms with E-state index < -0.39 is 0 Å². The Bertz CT molecular complexity index is 512. The van der Waals surface area contributed by atoms with E-state index in [4.69, 9.17) is 10.5 Å². The van der Waals surface area contributed by atoms with Crippen molar-refractivity contribution < 1.29 is 14.3 Å². The standard InChI is InChI=1S/C15H19NO3S/c1-3-19-15(18)13-7-8-14(16)12(10-13)6-4-5-9-20-11(2)17/h4,6-8,10H,3,5,9,16H2,1-2H3. The Morgan fingerprint density at radius 3 is 2.80 bits per heavy atom. The minimum absolute atomic E-state index is 0.113. The molecule has 0 amide bonds. The average Bonchev–Trinajstić information content (AvgIpc) is 2.40. The fourth-order valence-corrected chi connectivity index (χ4v) is 2.08. The van der Waals surface area contributed by atoms with Gasteiger partial charge in [-0.15, -0.1) is 0 Å². The summed E-state index contributed by atoms with van der Waals surface area (Å²) in [6.07, 6.45) is 4.57. The molecule has 108 valence electrons. The molecule has 0 radical (unpaired) electrons. The van der Waals surface area contributed by atoms with Crippen molar-refractivity contribution >= 4 is 34.6 Å². The van der Waals surface area contributed by atoms with Crippen LogP contribution in [0.1, 0.15) is 36.2 Å². The number of carbonyl (C=O) groups excluding carboxylic acids is 2. The molecule has 0 unspecified atom stereocenters. The van der Waals surface area contributed by atoms with Crippen LogP contribution in [-0.4, -0.2) is 23.4 Å². The number of benzene rings is 1. The molecule has 0 aliphatic heterocycles. The van der Waals surface area contributed by atoms with Crippen LogP contribution in [0.4, 0.5) is 5.69 Å². The van der Waals surface area contributed by atoms with E-state index >= 15 is 0 Å². The van der Waals surface area contributed by atoms with Crippen molar-refractivity contribution in [2.45, 2.75) is 20.3 Å². The highest BCUT2D eigenvalue weighted by Gasteiger charge is 2.07. The Balaban J connectivity index is 2.69. The minimum Gasteiger partial charge on any atom is -0.462 e. The van der Waals surface area contributed by atoms with Gasteiger partial charge in [-0.3, -0.25) is 4.79 Å². The molecular weight excluding hydrogens is 274 g/mol. The van der Waals surface area contributed by atoms with Gasteiger partial charge in [-0.05, 0) is 37.1 Å². The molecule has 0 aliphatic carbocycles. The van der Waals surface area contributed by atoms with Crippen LogP contribution in [0.25, 0.3) is 6.08 Å². The molecule has 0 bridgehead atoms. The fraction of sp³-hybridized carbons (Fsp3) is 0.333. The molecule has 2 N–H and O–H groups in total. The van der Waals surface area contributed by atoms with Gasteiger partial charge in [-0.1, -0.05) is 23.9 Å². The molecule has 0 saturated carbocycles. The number of carbonyl (C=O) groups is 2. The van der Waals surface area contributed by atoms with Crippen LogP contribution in [0.2, 0.25) is 0 Å². The number of thioether (sulfide) groups is 1. The van der Waals surface area contributed by atoms with Gasteiger partial charge in [-0.2, -0.15) is 0 Å². The molecule has 5 heteroatoms. The maximum Gasteiger partial charge on any atom is 0.338 e. The van der Waals surface area contributed by atoms with Crippen LogP contribution in [0.5, 0.6) is 0 Å². The zero-order valence-corrected chi connectivity index (χ0v) is 12.5. The molecule has 0 atom stereocenters. The molecule has 20 heavy (non-hydrogen) atoms. The van der Waals surface area contributed by atoms with Crippen LogP contribution < -0.4 is 5.73 Å². The predicted molar refractivity (Wildman–Crippen MR) is 83.6 cm³/mol.